The van der Waals surface area contributed by atoms with Crippen LogP contribution in [0.5, 0.6) is 0 Å². The lowest BCUT2D eigenvalue weighted by molar-refractivity contribution is -0.139. The fraction of sp³-hybridized carbons (Fsp3) is 0.182. The molecule has 17 heavy (non-hydrogen) atoms. The normalized spacial score (nSPS) is 11.8. The highest BCUT2D eigenvalue weighted by atomic mass is 19.4. The molecule has 0 atom stereocenters. The summed E-state index contributed by atoms with van der Waals surface area (Å²) in [5.74, 6) is -1.28. The summed E-state index contributed by atoms with van der Waals surface area (Å²) < 4.78 is 52.1. The van der Waals surface area contributed by atoms with Crippen LogP contribution in [0.1, 0.15) is 5.56 Å². The molecule has 0 aliphatic rings. The van der Waals surface area contributed by atoms with Crippen molar-refractivity contribution < 1.29 is 17.6 Å². The first-order valence-electron chi connectivity index (χ1n) is 4.73. The summed E-state index contributed by atoms with van der Waals surface area (Å²) in [5, 5.41) is 0. The summed E-state index contributed by atoms with van der Waals surface area (Å²) in [4.78, 5) is 3.91. The maximum atomic E-state index is 13.0. The molecule has 1 heterocycles. The standard InChI is InChI=1S/C11H8F4N2/c1-17-5-10(16-6-17)7-2-3-9(12)8(4-7)11(13,14)15/h2-6H,1H3. The van der Waals surface area contributed by atoms with Crippen LogP contribution in [0.15, 0.2) is 30.7 Å². The molecule has 0 saturated heterocycles. The van der Waals surface area contributed by atoms with Crippen LogP contribution >= 0.6 is 0 Å². The highest BCUT2D eigenvalue weighted by Crippen LogP contribution is 2.33. The van der Waals surface area contributed by atoms with Crippen LogP contribution in [-0.2, 0) is 13.2 Å². The molecular formula is C11H8F4N2. The third-order valence-corrected chi connectivity index (χ3v) is 2.27. The zero-order chi connectivity index (χ0) is 12.6. The van der Waals surface area contributed by atoms with E-state index in [4.69, 9.17) is 0 Å². The third kappa shape index (κ3) is 2.30. The van der Waals surface area contributed by atoms with Gasteiger partial charge in [0.2, 0.25) is 0 Å². The van der Waals surface area contributed by atoms with E-state index in [1.807, 2.05) is 0 Å². The van der Waals surface area contributed by atoms with Gasteiger partial charge in [-0.15, -0.1) is 0 Å². The van der Waals surface area contributed by atoms with Crippen molar-refractivity contribution in [2.24, 2.45) is 7.05 Å². The van der Waals surface area contributed by atoms with Crippen molar-refractivity contribution >= 4 is 0 Å². The minimum Gasteiger partial charge on any atom is -0.340 e. The first-order chi connectivity index (χ1) is 7.88. The van der Waals surface area contributed by atoms with Gasteiger partial charge in [0.1, 0.15) is 5.82 Å². The van der Waals surface area contributed by atoms with Crippen LogP contribution in [-0.4, -0.2) is 9.55 Å². The molecule has 0 aliphatic heterocycles. The summed E-state index contributed by atoms with van der Waals surface area (Å²) >= 11 is 0. The molecule has 0 unspecified atom stereocenters. The van der Waals surface area contributed by atoms with E-state index in [2.05, 4.69) is 4.98 Å². The summed E-state index contributed by atoms with van der Waals surface area (Å²) in [6.45, 7) is 0. The van der Waals surface area contributed by atoms with E-state index < -0.39 is 17.6 Å². The molecular weight excluding hydrogens is 236 g/mol. The molecule has 2 nitrogen and oxygen atoms in total. The van der Waals surface area contributed by atoms with E-state index in [9.17, 15) is 17.6 Å². The molecule has 0 N–H and O–H groups in total. The van der Waals surface area contributed by atoms with Gasteiger partial charge in [-0.25, -0.2) is 9.37 Å². The summed E-state index contributed by atoms with van der Waals surface area (Å²) in [6, 6.07) is 2.83. The lowest BCUT2D eigenvalue weighted by Crippen LogP contribution is -2.08. The molecule has 1 aromatic carbocycles. The quantitative estimate of drug-likeness (QED) is 0.704. The maximum absolute atomic E-state index is 13.0. The zero-order valence-corrected chi connectivity index (χ0v) is 8.79. The largest absolute Gasteiger partial charge is 0.419 e. The average molecular weight is 244 g/mol. The smallest absolute Gasteiger partial charge is 0.340 e. The summed E-state index contributed by atoms with van der Waals surface area (Å²) in [7, 11) is 1.70. The average Bonchev–Trinajstić information content (AvgIpc) is 2.64. The molecule has 0 spiro atoms. The lowest BCUT2D eigenvalue weighted by Gasteiger charge is -2.08. The lowest BCUT2D eigenvalue weighted by atomic mass is 10.1. The fourth-order valence-electron chi connectivity index (χ4n) is 1.46. The van der Waals surface area contributed by atoms with Crippen LogP contribution in [0.4, 0.5) is 17.6 Å². The predicted molar refractivity (Wildman–Crippen MR) is 53.6 cm³/mol. The van der Waals surface area contributed by atoms with Gasteiger partial charge in [-0.05, 0) is 18.2 Å². The second kappa shape index (κ2) is 3.87. The Bertz CT molecular complexity index is 543. The Morgan fingerprint density at radius 1 is 1.24 bits per heavy atom. The Labute approximate surface area is 94.5 Å². The number of aromatic nitrogens is 2. The topological polar surface area (TPSA) is 17.8 Å². The highest BCUT2D eigenvalue weighted by Gasteiger charge is 2.34. The minimum absolute atomic E-state index is 0.235. The van der Waals surface area contributed by atoms with Crippen molar-refractivity contribution in [3.8, 4) is 11.3 Å². The number of hydrogen-bond acceptors (Lipinski definition) is 1. The Morgan fingerprint density at radius 3 is 2.47 bits per heavy atom. The monoisotopic (exact) mass is 244 g/mol. The Kier molecular flexibility index (Phi) is 2.65. The van der Waals surface area contributed by atoms with Crippen molar-refractivity contribution in [3.63, 3.8) is 0 Å². The van der Waals surface area contributed by atoms with Crippen LogP contribution in [0.25, 0.3) is 11.3 Å². The first kappa shape index (κ1) is 11.6. The van der Waals surface area contributed by atoms with E-state index in [1.165, 1.54) is 12.4 Å². The van der Waals surface area contributed by atoms with E-state index in [-0.39, 0.29) is 5.56 Å². The first-order valence-corrected chi connectivity index (χ1v) is 4.73. The van der Waals surface area contributed by atoms with Gasteiger partial charge < -0.3 is 4.57 Å². The van der Waals surface area contributed by atoms with Gasteiger partial charge in [0, 0.05) is 18.8 Å². The van der Waals surface area contributed by atoms with Crippen LogP contribution in [0, 0.1) is 5.82 Å². The number of rotatable bonds is 1. The molecule has 0 saturated carbocycles. The van der Waals surface area contributed by atoms with Crippen molar-refractivity contribution in [3.05, 3.63) is 42.1 Å². The zero-order valence-electron chi connectivity index (χ0n) is 8.79. The number of alkyl halides is 3. The third-order valence-electron chi connectivity index (χ3n) is 2.27. The molecule has 0 radical (unpaired) electrons. The van der Waals surface area contributed by atoms with Crippen molar-refractivity contribution in [2.75, 3.05) is 0 Å². The van der Waals surface area contributed by atoms with Gasteiger partial charge in [-0.2, -0.15) is 13.2 Å². The molecule has 2 aromatic rings. The molecule has 1 aromatic heterocycles. The fourth-order valence-corrected chi connectivity index (χ4v) is 1.46. The van der Waals surface area contributed by atoms with Gasteiger partial charge in [-0.1, -0.05) is 0 Å². The van der Waals surface area contributed by atoms with Crippen LogP contribution < -0.4 is 0 Å². The van der Waals surface area contributed by atoms with Gasteiger partial charge in [0.25, 0.3) is 0 Å². The van der Waals surface area contributed by atoms with Gasteiger partial charge >= 0.3 is 6.18 Å². The SMILES string of the molecule is Cn1cnc(-c2ccc(F)c(C(F)(F)F)c2)c1. The number of hydrogen-bond donors (Lipinski definition) is 0. The summed E-state index contributed by atoms with van der Waals surface area (Å²) in [6.07, 6.45) is -1.67. The molecule has 0 bridgehead atoms. The maximum Gasteiger partial charge on any atom is 0.419 e. The number of benzene rings is 1. The van der Waals surface area contributed by atoms with E-state index in [0.29, 0.717) is 5.69 Å². The van der Waals surface area contributed by atoms with Crippen molar-refractivity contribution in [1.29, 1.82) is 0 Å². The van der Waals surface area contributed by atoms with Crippen LogP contribution in [0.3, 0.4) is 0 Å². The molecule has 2 rings (SSSR count). The molecule has 90 valence electrons. The number of nitrogens with zero attached hydrogens (tertiary/aromatic N) is 2. The van der Waals surface area contributed by atoms with Gasteiger partial charge in [0.15, 0.2) is 0 Å². The molecule has 0 amide bonds. The Morgan fingerprint density at radius 2 is 1.94 bits per heavy atom. The van der Waals surface area contributed by atoms with E-state index in [0.717, 1.165) is 12.1 Å². The van der Waals surface area contributed by atoms with E-state index >= 15 is 0 Å². The van der Waals surface area contributed by atoms with Crippen molar-refractivity contribution in [1.82, 2.24) is 9.55 Å². The highest BCUT2D eigenvalue weighted by molar-refractivity contribution is 5.59. The second-order valence-electron chi connectivity index (χ2n) is 3.62. The Hall–Kier alpha value is -1.85. The predicted octanol–water partition coefficient (Wildman–Crippen LogP) is 3.25. The Balaban J connectivity index is 2.51. The molecule has 0 fully saturated rings. The second-order valence-corrected chi connectivity index (χ2v) is 3.62. The molecule has 6 heteroatoms. The molecule has 0 aliphatic carbocycles. The van der Waals surface area contributed by atoms with E-state index in [1.54, 1.807) is 17.8 Å². The number of halogens is 4. The summed E-state index contributed by atoms with van der Waals surface area (Å²) in [5.41, 5.74) is -0.669. The van der Waals surface area contributed by atoms with Gasteiger partial charge in [-0.3, -0.25) is 0 Å². The van der Waals surface area contributed by atoms with Gasteiger partial charge in [0.05, 0.1) is 17.6 Å². The number of imidazole rings is 1. The van der Waals surface area contributed by atoms with Crippen molar-refractivity contribution in [2.45, 2.75) is 6.18 Å². The van der Waals surface area contributed by atoms with Crippen LogP contribution in [0.2, 0.25) is 0 Å². The number of aryl methyl sites for hydroxylation is 1. The minimum atomic E-state index is -4.70.